The highest BCUT2D eigenvalue weighted by Crippen LogP contribution is 2.34. The van der Waals surface area contributed by atoms with Crippen LogP contribution >= 0.6 is 15.9 Å². The first-order valence-electron chi connectivity index (χ1n) is 16.7. The number of aromatic nitrogens is 2. The zero-order valence-corrected chi connectivity index (χ0v) is 29.3. The Hall–Kier alpha value is -4.56. The fourth-order valence-electron chi connectivity index (χ4n) is 7.73. The topological polar surface area (TPSA) is 140 Å². The maximum Gasteiger partial charge on any atom is 0.274 e. The van der Waals surface area contributed by atoms with Crippen LogP contribution in [0, 0.1) is 0 Å². The van der Waals surface area contributed by atoms with Crippen LogP contribution in [0.4, 0.5) is 22.9 Å². The maximum absolute atomic E-state index is 13.4. The Kier molecular flexibility index (Phi) is 8.78. The predicted molar refractivity (Wildman–Crippen MR) is 188 cm³/mol. The fraction of sp³-hybridized carbons (Fsp3) is 0.429. The van der Waals surface area contributed by atoms with E-state index in [9.17, 15) is 24.0 Å². The number of nitrogens with one attached hydrogen (secondary N) is 2. The molecule has 1 aromatic carbocycles. The minimum Gasteiger partial charge on any atom is -0.369 e. The summed E-state index contributed by atoms with van der Waals surface area (Å²) in [4.78, 5) is 76.0. The van der Waals surface area contributed by atoms with E-state index in [4.69, 9.17) is 0 Å². The van der Waals surface area contributed by atoms with Crippen LogP contribution in [0.15, 0.2) is 58.1 Å². The molecule has 0 aliphatic carbocycles. The van der Waals surface area contributed by atoms with E-state index >= 15 is 0 Å². The standard InChI is InChI=1S/C35H39BrN8O5/c1-20-14-23(10-11-42(20)24-4-6-26-27(16-24)34(48)44(33(26)47)29-7-9-31(45)39-32(29)46)41-12-13-43(21(2)18-41)25-5-8-30(37-17-25)38-28-15-22(36)19-40(3)35(28)49/h4-6,8,15-17,19-21,23,29H,7,9-14,18H2,1-3H3,(H,37,38)(H,39,45,46)/t20-,21?,23-,29?/m0/s1. The van der Waals surface area contributed by atoms with Crippen LogP contribution in [0.5, 0.6) is 0 Å². The number of piperidine rings is 2. The smallest absolute Gasteiger partial charge is 0.274 e. The first-order valence-corrected chi connectivity index (χ1v) is 17.5. The summed E-state index contributed by atoms with van der Waals surface area (Å²) in [7, 11) is 1.71. The number of amides is 4. The number of fused-ring (bicyclic) bond motifs is 1. The molecule has 6 heterocycles. The van der Waals surface area contributed by atoms with Crippen LogP contribution in [0.25, 0.3) is 0 Å². The Bertz CT molecular complexity index is 1900. The number of hydrogen-bond donors (Lipinski definition) is 2. The number of halogens is 1. The Morgan fingerprint density at radius 1 is 0.878 bits per heavy atom. The summed E-state index contributed by atoms with van der Waals surface area (Å²) >= 11 is 3.44. The minimum absolute atomic E-state index is 0.0926. The summed E-state index contributed by atoms with van der Waals surface area (Å²) < 4.78 is 2.32. The van der Waals surface area contributed by atoms with E-state index in [-0.39, 0.29) is 30.5 Å². The van der Waals surface area contributed by atoms with Gasteiger partial charge in [0.25, 0.3) is 17.4 Å². The van der Waals surface area contributed by atoms with Crippen LogP contribution in [-0.2, 0) is 16.6 Å². The van der Waals surface area contributed by atoms with Crippen molar-refractivity contribution >= 4 is 62.4 Å². The number of rotatable bonds is 6. The minimum atomic E-state index is -0.974. The third kappa shape index (κ3) is 6.23. The van der Waals surface area contributed by atoms with Crippen molar-refractivity contribution < 1.29 is 19.2 Å². The highest BCUT2D eigenvalue weighted by atomic mass is 79.9. The van der Waals surface area contributed by atoms with E-state index in [1.807, 2.05) is 24.4 Å². The van der Waals surface area contributed by atoms with E-state index in [1.54, 1.807) is 31.4 Å². The fourth-order valence-corrected chi connectivity index (χ4v) is 8.27. The van der Waals surface area contributed by atoms with Gasteiger partial charge in [0, 0.05) is 74.1 Å². The Balaban J connectivity index is 0.959. The number of imide groups is 2. The van der Waals surface area contributed by atoms with Crippen molar-refractivity contribution in [3.8, 4) is 0 Å². The molecule has 3 saturated heterocycles. The second-order valence-corrected chi connectivity index (χ2v) is 14.4. The number of aryl methyl sites for hydroxylation is 1. The lowest BCUT2D eigenvalue weighted by atomic mass is 9.94. The monoisotopic (exact) mass is 730 g/mol. The molecular formula is C35H39BrN8O5. The number of nitrogens with zero attached hydrogens (tertiary/aromatic N) is 6. The van der Waals surface area contributed by atoms with E-state index in [2.05, 4.69) is 60.1 Å². The molecule has 49 heavy (non-hydrogen) atoms. The zero-order chi connectivity index (χ0) is 34.6. The van der Waals surface area contributed by atoms with Gasteiger partial charge in [-0.3, -0.25) is 39.1 Å². The first-order chi connectivity index (χ1) is 23.5. The molecule has 4 aliphatic heterocycles. The number of carbonyl (C=O) groups is 4. The van der Waals surface area contributed by atoms with Gasteiger partial charge in [0.05, 0.1) is 23.0 Å². The van der Waals surface area contributed by atoms with E-state index in [1.165, 1.54) is 4.57 Å². The van der Waals surface area contributed by atoms with E-state index in [0.29, 0.717) is 28.7 Å². The summed E-state index contributed by atoms with van der Waals surface area (Å²) in [5.41, 5.74) is 2.86. The first kappa shape index (κ1) is 33.0. The van der Waals surface area contributed by atoms with Crippen molar-refractivity contribution in [2.45, 2.75) is 63.7 Å². The second-order valence-electron chi connectivity index (χ2n) is 13.4. The van der Waals surface area contributed by atoms with Crippen molar-refractivity contribution in [1.82, 2.24) is 24.7 Å². The van der Waals surface area contributed by atoms with Gasteiger partial charge in [-0.05, 0) is 85.4 Å². The Labute approximate surface area is 292 Å². The molecule has 3 fully saturated rings. The summed E-state index contributed by atoms with van der Waals surface area (Å²) in [6.07, 6.45) is 5.75. The van der Waals surface area contributed by atoms with Crippen molar-refractivity contribution in [2.24, 2.45) is 7.05 Å². The lowest BCUT2D eigenvalue weighted by molar-refractivity contribution is -0.136. The number of hydrogen-bond acceptors (Lipinski definition) is 10. The number of pyridine rings is 2. The number of anilines is 4. The SMILES string of the molecule is CC1CN([C@H]2CCN(c3ccc4c(c3)C(=O)N(C3CCC(=O)NC3=O)C4=O)[C@@H](C)C2)CCN1c1ccc(Nc2cc(Br)cn(C)c2=O)nc1. The van der Waals surface area contributed by atoms with Crippen molar-refractivity contribution in [3.63, 3.8) is 0 Å². The molecule has 0 radical (unpaired) electrons. The number of benzene rings is 1. The summed E-state index contributed by atoms with van der Waals surface area (Å²) in [5.74, 6) is -1.36. The lowest BCUT2D eigenvalue weighted by Crippen LogP contribution is -2.58. The summed E-state index contributed by atoms with van der Waals surface area (Å²) in [6.45, 7) is 7.99. The molecule has 2 N–H and O–H groups in total. The van der Waals surface area contributed by atoms with Gasteiger partial charge in [-0.15, -0.1) is 0 Å². The zero-order valence-electron chi connectivity index (χ0n) is 27.7. The Morgan fingerprint density at radius 2 is 1.63 bits per heavy atom. The maximum atomic E-state index is 13.4. The highest BCUT2D eigenvalue weighted by Gasteiger charge is 2.45. The van der Waals surface area contributed by atoms with Crippen LogP contribution in [0.2, 0.25) is 0 Å². The lowest BCUT2D eigenvalue weighted by Gasteiger charge is -2.48. The van der Waals surface area contributed by atoms with Crippen molar-refractivity contribution in [3.05, 3.63) is 74.7 Å². The average Bonchev–Trinajstić information content (AvgIpc) is 3.32. The highest BCUT2D eigenvalue weighted by molar-refractivity contribution is 9.10. The van der Waals surface area contributed by atoms with E-state index < -0.39 is 29.7 Å². The van der Waals surface area contributed by atoms with Gasteiger partial charge in [0.1, 0.15) is 17.5 Å². The van der Waals surface area contributed by atoms with Gasteiger partial charge >= 0.3 is 0 Å². The molecular weight excluding hydrogens is 692 g/mol. The van der Waals surface area contributed by atoms with Gasteiger partial charge in [-0.1, -0.05) is 0 Å². The van der Waals surface area contributed by atoms with E-state index in [0.717, 1.165) is 59.8 Å². The Morgan fingerprint density at radius 3 is 2.35 bits per heavy atom. The van der Waals surface area contributed by atoms with Crippen LogP contribution < -0.4 is 26.0 Å². The molecule has 256 valence electrons. The summed E-state index contributed by atoms with van der Waals surface area (Å²) in [5, 5.41) is 5.38. The number of carbonyl (C=O) groups excluding carboxylic acids is 4. The molecule has 14 heteroatoms. The van der Waals surface area contributed by atoms with Gasteiger partial charge < -0.3 is 19.7 Å². The van der Waals surface area contributed by atoms with Crippen LogP contribution in [0.1, 0.15) is 60.2 Å². The van der Waals surface area contributed by atoms with Gasteiger partial charge in [-0.2, -0.15) is 0 Å². The summed E-state index contributed by atoms with van der Waals surface area (Å²) in [6, 6.07) is 11.0. The van der Waals surface area contributed by atoms with Crippen molar-refractivity contribution in [2.75, 3.05) is 41.3 Å². The van der Waals surface area contributed by atoms with Crippen molar-refractivity contribution in [1.29, 1.82) is 0 Å². The third-order valence-corrected chi connectivity index (χ3v) is 10.7. The normalized spacial score (nSPS) is 24.7. The second kappa shape index (κ2) is 13.0. The average molecular weight is 732 g/mol. The van der Waals surface area contributed by atoms with Crippen LogP contribution in [-0.4, -0.2) is 93.3 Å². The van der Waals surface area contributed by atoms with Crippen LogP contribution in [0.3, 0.4) is 0 Å². The molecule has 4 amide bonds. The molecule has 0 bridgehead atoms. The molecule has 0 saturated carbocycles. The van der Waals surface area contributed by atoms with Gasteiger partial charge in [0.15, 0.2) is 0 Å². The molecule has 4 aliphatic rings. The third-order valence-electron chi connectivity index (χ3n) is 10.3. The molecule has 4 atom stereocenters. The molecule has 3 aromatic rings. The molecule has 13 nitrogen and oxygen atoms in total. The molecule has 0 spiro atoms. The predicted octanol–water partition coefficient (Wildman–Crippen LogP) is 3.26. The molecule has 2 unspecified atom stereocenters. The van der Waals surface area contributed by atoms with Gasteiger partial charge in [-0.25, -0.2) is 4.98 Å². The largest absolute Gasteiger partial charge is 0.369 e. The quantitative estimate of drug-likeness (QED) is 0.364. The molecule has 7 rings (SSSR count). The molecule has 2 aromatic heterocycles. The number of piperazine rings is 1. The van der Waals surface area contributed by atoms with Gasteiger partial charge in [0.2, 0.25) is 11.8 Å².